The zero-order valence-electron chi connectivity index (χ0n) is 24.3. The van der Waals surface area contributed by atoms with Crippen LogP contribution < -0.4 is 15.4 Å². The van der Waals surface area contributed by atoms with Gasteiger partial charge in [0, 0.05) is 56.5 Å². The lowest BCUT2D eigenvalue weighted by Gasteiger charge is -2.33. The normalized spacial score (nSPS) is 20.5. The van der Waals surface area contributed by atoms with Gasteiger partial charge in [0.2, 0.25) is 17.7 Å². The summed E-state index contributed by atoms with van der Waals surface area (Å²) >= 11 is 13.7. The molecule has 3 aromatic rings. The van der Waals surface area contributed by atoms with Crippen molar-refractivity contribution in [2.24, 2.45) is 5.92 Å². The highest BCUT2D eigenvalue weighted by molar-refractivity contribution is 6.39. The van der Waals surface area contributed by atoms with E-state index in [-0.39, 0.29) is 24.2 Å². The van der Waals surface area contributed by atoms with Crippen LogP contribution in [0.1, 0.15) is 12.1 Å². The van der Waals surface area contributed by atoms with Crippen molar-refractivity contribution in [2.45, 2.75) is 25.1 Å². The summed E-state index contributed by atoms with van der Waals surface area (Å²) in [4.78, 5) is 49.2. The Morgan fingerprint density at radius 2 is 1.82 bits per heavy atom. The molecule has 1 unspecified atom stereocenters. The first-order valence-electron chi connectivity index (χ1n) is 13.9. The average molecular weight is 644 g/mol. The van der Waals surface area contributed by atoms with Crippen LogP contribution in [-0.2, 0) is 20.9 Å². The number of rotatable bonds is 8. The summed E-state index contributed by atoms with van der Waals surface area (Å²) in [5.41, 5.74) is 3.06. The average Bonchev–Trinajstić information content (AvgIpc) is 3.02. The van der Waals surface area contributed by atoms with Gasteiger partial charge in [0.15, 0.2) is 0 Å². The molecule has 5 rings (SSSR count). The maximum Gasteiger partial charge on any atom is 0.326 e. The summed E-state index contributed by atoms with van der Waals surface area (Å²) in [6, 6.07) is 9.89. The number of aliphatic hydroxyl groups excluding tert-OH is 1. The molecule has 232 valence electrons. The second-order valence-corrected chi connectivity index (χ2v) is 11.3. The van der Waals surface area contributed by atoms with E-state index < -0.39 is 29.9 Å². The lowest BCUT2D eigenvalue weighted by Crippen LogP contribution is -2.56. The molecule has 0 bridgehead atoms. The molecule has 0 spiro atoms. The number of carbonyl (C=O) groups excluding carboxylic acids is 3. The Labute approximate surface area is 264 Å². The molecule has 2 saturated heterocycles. The second-order valence-electron chi connectivity index (χ2n) is 10.6. The predicted octanol–water partition coefficient (Wildman–Crippen LogP) is 3.44. The molecule has 2 aromatic carbocycles. The fourth-order valence-corrected chi connectivity index (χ4v) is 5.80. The third kappa shape index (κ3) is 6.35. The molecular weight excluding hydrogens is 611 g/mol. The topological polar surface area (TPSA) is 146 Å². The predicted molar refractivity (Wildman–Crippen MR) is 164 cm³/mol. The molecule has 2 aliphatic rings. The molecule has 0 radical (unpaired) electrons. The van der Waals surface area contributed by atoms with Gasteiger partial charge in [0.05, 0.1) is 47.4 Å². The van der Waals surface area contributed by atoms with Crippen molar-refractivity contribution in [3.63, 3.8) is 0 Å². The molecule has 0 saturated carbocycles. The van der Waals surface area contributed by atoms with E-state index in [1.54, 1.807) is 42.6 Å². The lowest BCUT2D eigenvalue weighted by molar-refractivity contribution is -0.140. The highest BCUT2D eigenvalue weighted by atomic mass is 35.5. The van der Waals surface area contributed by atoms with Gasteiger partial charge in [-0.25, -0.2) is 9.78 Å². The number of hydrogen-bond acceptors (Lipinski definition) is 9. The lowest BCUT2D eigenvalue weighted by atomic mass is 10.00. The van der Waals surface area contributed by atoms with Gasteiger partial charge in [-0.05, 0) is 12.5 Å². The summed E-state index contributed by atoms with van der Waals surface area (Å²) in [5.74, 6) is -1.93. The van der Waals surface area contributed by atoms with Crippen LogP contribution in [0.2, 0.25) is 10.0 Å². The van der Waals surface area contributed by atoms with Crippen LogP contribution in [0.25, 0.3) is 22.4 Å². The number of imide groups is 1. The minimum atomic E-state index is -1.08. The van der Waals surface area contributed by atoms with Crippen molar-refractivity contribution in [1.29, 1.82) is 0 Å². The monoisotopic (exact) mass is 642 g/mol. The molecule has 44 heavy (non-hydrogen) atoms. The van der Waals surface area contributed by atoms with E-state index in [9.17, 15) is 19.5 Å². The summed E-state index contributed by atoms with van der Waals surface area (Å²) in [6.45, 7) is 1.15. The molecule has 4 amide bonds. The maximum absolute atomic E-state index is 13.1. The van der Waals surface area contributed by atoms with E-state index in [1.807, 2.05) is 0 Å². The Kier molecular flexibility index (Phi) is 9.66. The minimum absolute atomic E-state index is 0.0458. The number of aliphatic hydroxyl groups is 1. The molecule has 12 nitrogen and oxygen atoms in total. The number of nitrogens with one attached hydrogen (secondary N) is 2. The van der Waals surface area contributed by atoms with Gasteiger partial charge in [0.1, 0.15) is 11.6 Å². The van der Waals surface area contributed by atoms with E-state index in [4.69, 9.17) is 32.7 Å². The molecule has 0 aliphatic carbocycles. The number of hydrogen-bond donors (Lipinski definition) is 3. The Balaban J connectivity index is 1.38. The number of benzene rings is 2. The van der Waals surface area contributed by atoms with Crippen LogP contribution in [0.5, 0.6) is 5.88 Å². The van der Waals surface area contributed by atoms with E-state index >= 15 is 0 Å². The zero-order chi connectivity index (χ0) is 31.5. The highest BCUT2D eigenvalue weighted by Crippen LogP contribution is 2.41. The van der Waals surface area contributed by atoms with Crippen molar-refractivity contribution in [3.8, 4) is 28.3 Å². The van der Waals surface area contributed by atoms with Crippen molar-refractivity contribution < 1.29 is 29.0 Å². The molecule has 1 aromatic heterocycles. The van der Waals surface area contributed by atoms with Crippen molar-refractivity contribution in [1.82, 2.24) is 25.1 Å². The quantitative estimate of drug-likeness (QED) is 0.314. The first-order valence-corrected chi connectivity index (χ1v) is 14.7. The van der Waals surface area contributed by atoms with Crippen LogP contribution in [0, 0.1) is 5.92 Å². The highest BCUT2D eigenvalue weighted by Gasteiger charge is 2.39. The fraction of sp³-hybridized carbons (Fsp3) is 0.367. The summed E-state index contributed by atoms with van der Waals surface area (Å²) in [6.07, 6.45) is 1.67. The first-order chi connectivity index (χ1) is 21.1. The minimum Gasteiger partial charge on any atom is -0.480 e. The van der Waals surface area contributed by atoms with Crippen LogP contribution in [0.4, 0.5) is 10.5 Å². The standard InChI is InChI=1S/C30H32Cl2N6O6/c1-37-14-19(29(41)38(2)30(37)42)27(40)35-21-9-5-7-17(26(21)32)16-6-4-8-18(25(16)31)22-12-34-23(28(36-22)43-3)13-33-20-10-11-44-15-24(20)39/h4-9,12,19-20,24,33,39H,10-11,13-15H2,1-3H3,(H,35,40)/t19?,20-,24+/m0/s1. The molecule has 3 N–H and O–H groups in total. The smallest absolute Gasteiger partial charge is 0.326 e. The van der Waals surface area contributed by atoms with Crippen molar-refractivity contribution >= 4 is 46.7 Å². The SMILES string of the molecule is COc1nc(-c2cccc(-c3cccc(NC(=O)C4CN(C)C(=O)N(C)C4=O)c3Cl)c2Cl)cnc1CN[C@H]1CCOC[C@H]1O. The molecule has 3 atom stereocenters. The van der Waals surface area contributed by atoms with Crippen molar-refractivity contribution in [3.05, 3.63) is 58.3 Å². The fourth-order valence-electron chi connectivity index (χ4n) is 5.20. The van der Waals surface area contributed by atoms with Gasteiger partial charge in [-0.3, -0.25) is 19.5 Å². The summed E-state index contributed by atoms with van der Waals surface area (Å²) in [7, 11) is 4.37. The van der Waals surface area contributed by atoms with Crippen LogP contribution >= 0.6 is 23.2 Å². The van der Waals surface area contributed by atoms with Crippen LogP contribution in [0.3, 0.4) is 0 Å². The molecular formula is C30H32Cl2N6O6. The Morgan fingerprint density at radius 1 is 1.11 bits per heavy atom. The molecule has 14 heteroatoms. The van der Waals surface area contributed by atoms with Gasteiger partial charge in [-0.2, -0.15) is 0 Å². The number of nitrogens with zero attached hydrogens (tertiary/aromatic N) is 4. The van der Waals surface area contributed by atoms with E-state index in [2.05, 4.69) is 20.6 Å². The summed E-state index contributed by atoms with van der Waals surface area (Å²) in [5, 5.41) is 16.8. The third-order valence-corrected chi connectivity index (χ3v) is 8.51. The Morgan fingerprint density at radius 3 is 2.55 bits per heavy atom. The molecule has 2 aliphatic heterocycles. The van der Waals surface area contributed by atoms with Crippen LogP contribution in [0.15, 0.2) is 42.6 Å². The Hall–Kier alpha value is -3.81. The molecule has 2 fully saturated rings. The van der Waals surface area contributed by atoms with Gasteiger partial charge in [0.25, 0.3) is 0 Å². The van der Waals surface area contributed by atoms with Gasteiger partial charge in [-0.1, -0.05) is 53.5 Å². The molecule has 3 heterocycles. The third-order valence-electron chi connectivity index (χ3n) is 7.70. The first kappa shape index (κ1) is 31.6. The number of methoxy groups -OCH3 is 1. The number of anilines is 1. The number of ether oxygens (including phenoxy) is 2. The van der Waals surface area contributed by atoms with Gasteiger partial charge < -0.3 is 30.1 Å². The van der Waals surface area contributed by atoms with Gasteiger partial charge >= 0.3 is 6.03 Å². The zero-order valence-corrected chi connectivity index (χ0v) is 25.9. The van der Waals surface area contributed by atoms with Gasteiger partial charge in [-0.15, -0.1) is 0 Å². The number of halogens is 2. The van der Waals surface area contributed by atoms with E-state index in [0.29, 0.717) is 64.2 Å². The van der Waals surface area contributed by atoms with E-state index in [1.165, 1.54) is 26.1 Å². The summed E-state index contributed by atoms with van der Waals surface area (Å²) < 4.78 is 10.8. The van der Waals surface area contributed by atoms with E-state index in [0.717, 1.165) is 4.90 Å². The van der Waals surface area contributed by atoms with Crippen LogP contribution in [-0.4, -0.2) is 95.8 Å². The number of aromatic nitrogens is 2. The second kappa shape index (κ2) is 13.4. The Bertz CT molecular complexity index is 1590. The largest absolute Gasteiger partial charge is 0.480 e. The number of urea groups is 1. The maximum atomic E-state index is 13.1. The number of amides is 4. The van der Waals surface area contributed by atoms with Crippen molar-refractivity contribution in [2.75, 3.05) is 46.3 Å². The number of carbonyl (C=O) groups is 3.